The minimum Gasteiger partial charge on any atom is -0.456 e. The Morgan fingerprint density at radius 1 is 0.581 bits per heavy atom. The quantitative estimate of drug-likeness (QED) is 0.251. The number of thiophene rings is 1. The lowest BCUT2D eigenvalue weighted by molar-refractivity contribution is 0.669. The fourth-order valence-corrected chi connectivity index (χ4v) is 6.19. The first-order chi connectivity index (χ1) is 15.3. The van der Waals surface area contributed by atoms with Gasteiger partial charge in [-0.1, -0.05) is 66.2 Å². The van der Waals surface area contributed by atoms with Crippen LogP contribution in [0.25, 0.3) is 64.0 Å². The molecule has 2 heterocycles. The molecule has 3 heteroatoms. The molecular weight excluding hydrogens is 420 g/mol. The number of rotatable bonds is 1. The van der Waals surface area contributed by atoms with Gasteiger partial charge in [0, 0.05) is 41.4 Å². The zero-order valence-corrected chi connectivity index (χ0v) is 17.9. The summed E-state index contributed by atoms with van der Waals surface area (Å²) in [5.41, 5.74) is 4.14. The lowest BCUT2D eigenvalue weighted by Crippen LogP contribution is -1.84. The summed E-state index contributed by atoms with van der Waals surface area (Å²) in [6, 6.07) is 31.9. The minimum atomic E-state index is 0.717. The second kappa shape index (κ2) is 6.34. The third kappa shape index (κ3) is 2.43. The predicted octanol–water partition coefficient (Wildman–Crippen LogP) is 9.43. The number of halogens is 1. The van der Waals surface area contributed by atoms with Gasteiger partial charge in [0.15, 0.2) is 0 Å². The zero-order chi connectivity index (χ0) is 20.5. The summed E-state index contributed by atoms with van der Waals surface area (Å²) in [6.45, 7) is 0. The van der Waals surface area contributed by atoms with E-state index in [9.17, 15) is 0 Å². The maximum atomic E-state index is 6.36. The van der Waals surface area contributed by atoms with E-state index in [0.717, 1.165) is 21.9 Å². The van der Waals surface area contributed by atoms with E-state index in [1.54, 1.807) is 0 Å². The Balaban J connectivity index is 1.70. The molecule has 0 N–H and O–H groups in total. The Hall–Kier alpha value is -3.33. The lowest BCUT2D eigenvalue weighted by atomic mass is 9.93. The fourth-order valence-electron chi connectivity index (χ4n) is 4.79. The highest BCUT2D eigenvalue weighted by Crippen LogP contribution is 2.45. The second-order valence-electron chi connectivity index (χ2n) is 7.87. The number of fused-ring (bicyclic) bond motifs is 8. The van der Waals surface area contributed by atoms with E-state index in [0.29, 0.717) is 5.02 Å². The lowest BCUT2D eigenvalue weighted by Gasteiger charge is -2.10. The molecule has 1 nitrogen and oxygen atoms in total. The Bertz CT molecular complexity index is 1810. The molecule has 0 amide bonds. The highest BCUT2D eigenvalue weighted by molar-refractivity contribution is 7.26. The SMILES string of the molecule is Clc1ccc2oc3cccc(-c4cc5c6ccccc6sc5c5ccccc45)c3c2c1. The normalized spacial score (nSPS) is 12.0. The van der Waals surface area contributed by atoms with E-state index < -0.39 is 0 Å². The zero-order valence-electron chi connectivity index (χ0n) is 16.4. The second-order valence-corrected chi connectivity index (χ2v) is 9.35. The predicted molar refractivity (Wildman–Crippen MR) is 135 cm³/mol. The molecule has 0 bridgehead atoms. The molecule has 0 fully saturated rings. The van der Waals surface area contributed by atoms with Crippen LogP contribution in [0.15, 0.2) is 95.4 Å². The van der Waals surface area contributed by atoms with Gasteiger partial charge in [0.1, 0.15) is 11.2 Å². The van der Waals surface area contributed by atoms with Crippen LogP contribution >= 0.6 is 22.9 Å². The summed E-state index contributed by atoms with van der Waals surface area (Å²) in [4.78, 5) is 0. The van der Waals surface area contributed by atoms with Gasteiger partial charge in [-0.2, -0.15) is 0 Å². The molecule has 0 saturated carbocycles. The summed E-state index contributed by atoms with van der Waals surface area (Å²) in [7, 11) is 0. The summed E-state index contributed by atoms with van der Waals surface area (Å²) in [5.74, 6) is 0. The molecule has 0 aliphatic carbocycles. The van der Waals surface area contributed by atoms with Gasteiger partial charge in [0.2, 0.25) is 0 Å². The van der Waals surface area contributed by atoms with E-state index in [1.807, 2.05) is 35.6 Å². The van der Waals surface area contributed by atoms with Crippen LogP contribution in [0.5, 0.6) is 0 Å². The van der Waals surface area contributed by atoms with Crippen LogP contribution in [0.1, 0.15) is 0 Å². The average Bonchev–Trinajstić information content (AvgIpc) is 3.37. The van der Waals surface area contributed by atoms with Crippen LogP contribution in [0, 0.1) is 0 Å². The third-order valence-electron chi connectivity index (χ3n) is 6.13. The van der Waals surface area contributed by atoms with Crippen molar-refractivity contribution in [2.75, 3.05) is 0 Å². The van der Waals surface area contributed by atoms with Crippen LogP contribution in [0.4, 0.5) is 0 Å². The van der Waals surface area contributed by atoms with Gasteiger partial charge in [-0.15, -0.1) is 11.3 Å². The third-order valence-corrected chi connectivity index (χ3v) is 7.59. The molecule has 0 aliphatic heterocycles. The van der Waals surface area contributed by atoms with Crippen molar-refractivity contribution in [3.8, 4) is 11.1 Å². The van der Waals surface area contributed by atoms with E-state index in [2.05, 4.69) is 66.7 Å². The molecule has 0 aliphatic rings. The molecule has 0 spiro atoms. The molecule has 146 valence electrons. The maximum absolute atomic E-state index is 6.36. The van der Waals surface area contributed by atoms with Gasteiger partial charge in [-0.05, 0) is 52.9 Å². The van der Waals surface area contributed by atoms with E-state index in [1.165, 1.54) is 42.1 Å². The number of hydrogen-bond donors (Lipinski definition) is 0. The Morgan fingerprint density at radius 2 is 1.39 bits per heavy atom. The summed E-state index contributed by atoms with van der Waals surface area (Å²) < 4.78 is 8.83. The standard InChI is InChI=1S/C28H15ClOS/c29-16-12-13-24-23(14-16)27-19(9-5-10-25(27)30-24)21-15-22-18-7-3-4-11-26(18)31-28(22)20-8-2-1-6-17(20)21/h1-15H. The molecule has 7 rings (SSSR count). The fraction of sp³-hybridized carbons (Fsp3) is 0. The summed E-state index contributed by atoms with van der Waals surface area (Å²) >= 11 is 8.23. The molecule has 2 aromatic heterocycles. The average molecular weight is 435 g/mol. The van der Waals surface area contributed by atoms with E-state index in [4.69, 9.17) is 16.0 Å². The Kier molecular flexibility index (Phi) is 3.55. The van der Waals surface area contributed by atoms with Gasteiger partial charge in [-0.25, -0.2) is 0 Å². The molecule has 0 saturated heterocycles. The van der Waals surface area contributed by atoms with Crippen molar-refractivity contribution in [2.45, 2.75) is 0 Å². The smallest absolute Gasteiger partial charge is 0.136 e. The number of benzene rings is 5. The van der Waals surface area contributed by atoms with Crippen LogP contribution in [-0.4, -0.2) is 0 Å². The van der Waals surface area contributed by atoms with E-state index in [-0.39, 0.29) is 0 Å². The van der Waals surface area contributed by atoms with Gasteiger partial charge in [0.05, 0.1) is 0 Å². The molecule has 7 aromatic rings. The Morgan fingerprint density at radius 3 is 2.29 bits per heavy atom. The van der Waals surface area contributed by atoms with Crippen LogP contribution in [0.3, 0.4) is 0 Å². The van der Waals surface area contributed by atoms with Gasteiger partial charge >= 0.3 is 0 Å². The molecule has 0 atom stereocenters. The van der Waals surface area contributed by atoms with Crippen molar-refractivity contribution in [3.63, 3.8) is 0 Å². The van der Waals surface area contributed by atoms with Crippen molar-refractivity contribution >= 4 is 75.8 Å². The summed E-state index contributed by atoms with van der Waals surface area (Å²) in [6.07, 6.45) is 0. The topological polar surface area (TPSA) is 13.1 Å². The van der Waals surface area contributed by atoms with Crippen molar-refractivity contribution in [1.82, 2.24) is 0 Å². The van der Waals surface area contributed by atoms with Gasteiger partial charge < -0.3 is 4.42 Å². The van der Waals surface area contributed by atoms with Crippen LogP contribution < -0.4 is 0 Å². The molecule has 31 heavy (non-hydrogen) atoms. The highest BCUT2D eigenvalue weighted by Gasteiger charge is 2.17. The summed E-state index contributed by atoms with van der Waals surface area (Å²) in [5, 5.41) is 8.04. The molecule has 0 radical (unpaired) electrons. The van der Waals surface area contributed by atoms with Crippen LogP contribution in [-0.2, 0) is 0 Å². The monoisotopic (exact) mass is 434 g/mol. The van der Waals surface area contributed by atoms with Crippen molar-refractivity contribution < 1.29 is 4.42 Å². The van der Waals surface area contributed by atoms with Crippen molar-refractivity contribution in [1.29, 1.82) is 0 Å². The van der Waals surface area contributed by atoms with Crippen molar-refractivity contribution in [3.05, 3.63) is 96.0 Å². The first kappa shape index (κ1) is 17.4. The number of furan rings is 1. The largest absolute Gasteiger partial charge is 0.456 e. The molecular formula is C28H15ClOS. The minimum absolute atomic E-state index is 0.717. The van der Waals surface area contributed by atoms with Crippen LogP contribution in [0.2, 0.25) is 5.02 Å². The maximum Gasteiger partial charge on any atom is 0.136 e. The van der Waals surface area contributed by atoms with Crippen molar-refractivity contribution in [2.24, 2.45) is 0 Å². The highest BCUT2D eigenvalue weighted by atomic mass is 35.5. The van der Waals surface area contributed by atoms with E-state index >= 15 is 0 Å². The molecule has 5 aromatic carbocycles. The first-order valence-electron chi connectivity index (χ1n) is 10.2. The molecule has 0 unspecified atom stereocenters. The first-order valence-corrected chi connectivity index (χ1v) is 11.4. The number of hydrogen-bond acceptors (Lipinski definition) is 2. The van der Waals surface area contributed by atoms with Gasteiger partial charge in [-0.3, -0.25) is 0 Å². The van der Waals surface area contributed by atoms with Gasteiger partial charge in [0.25, 0.3) is 0 Å². The Labute approximate surface area is 187 Å².